The van der Waals surface area contributed by atoms with Crippen molar-refractivity contribution in [2.24, 2.45) is 5.41 Å². The third-order valence-electron chi connectivity index (χ3n) is 6.87. The van der Waals surface area contributed by atoms with Gasteiger partial charge < -0.3 is 5.11 Å². The number of hydrogen-bond donors (Lipinski definition) is 1. The molecule has 1 aliphatic carbocycles. The fourth-order valence-electron chi connectivity index (χ4n) is 5.25. The van der Waals surface area contributed by atoms with E-state index >= 15 is 0 Å². The summed E-state index contributed by atoms with van der Waals surface area (Å²) in [4.78, 5) is 12.1. The number of rotatable bonds is 4. The first-order valence-electron chi connectivity index (χ1n) is 10.7. The number of benzene rings is 3. The molecule has 3 aromatic carbocycles. The van der Waals surface area contributed by atoms with E-state index in [9.17, 15) is 25.7 Å². The molecule has 0 heterocycles. The van der Waals surface area contributed by atoms with Gasteiger partial charge in [0.2, 0.25) is 0 Å². The van der Waals surface area contributed by atoms with Crippen LogP contribution in [0.4, 0.5) is 0 Å². The van der Waals surface area contributed by atoms with Crippen LogP contribution in [0.3, 0.4) is 0 Å². The van der Waals surface area contributed by atoms with Gasteiger partial charge in [0.15, 0.2) is 11.0 Å². The summed E-state index contributed by atoms with van der Waals surface area (Å²) in [6.45, 7) is 1.89. The van der Waals surface area contributed by atoms with E-state index in [4.69, 9.17) is 0 Å². The molecule has 1 fully saturated rings. The van der Waals surface area contributed by atoms with Crippen molar-refractivity contribution in [3.63, 3.8) is 0 Å². The molecule has 6 heteroatoms. The van der Waals surface area contributed by atoms with Crippen molar-refractivity contribution in [1.29, 1.82) is 10.5 Å². The zero-order valence-corrected chi connectivity index (χ0v) is 18.1. The Hall–Kier alpha value is -4.00. The van der Waals surface area contributed by atoms with E-state index in [1.54, 1.807) is 78.9 Å². The van der Waals surface area contributed by atoms with Gasteiger partial charge in [-0.1, -0.05) is 90.5 Å². The fraction of sp³-hybridized carbons (Fsp3) is 0.259. The highest BCUT2D eigenvalue weighted by Crippen LogP contribution is 2.60. The van der Waals surface area contributed by atoms with E-state index in [-0.39, 0.29) is 6.42 Å². The average molecular weight is 437 g/mol. The highest BCUT2D eigenvalue weighted by atomic mass is 16.6. The maximum Gasteiger partial charge on any atom is 0.254 e. The first-order valence-corrected chi connectivity index (χ1v) is 10.7. The molecule has 1 unspecified atom stereocenters. The van der Waals surface area contributed by atoms with Crippen LogP contribution >= 0.6 is 0 Å². The summed E-state index contributed by atoms with van der Waals surface area (Å²) >= 11 is 0. The maximum absolute atomic E-state index is 12.6. The van der Waals surface area contributed by atoms with Crippen LogP contribution in [-0.4, -0.2) is 16.1 Å². The molecule has 1 aliphatic rings. The van der Waals surface area contributed by atoms with Gasteiger partial charge in [0.05, 0.1) is 18.1 Å². The normalized spacial score (nSPS) is 26.0. The summed E-state index contributed by atoms with van der Waals surface area (Å²) in [7, 11) is 0. The van der Waals surface area contributed by atoms with Crippen molar-refractivity contribution < 1.29 is 10.0 Å². The molecule has 1 saturated carbocycles. The third-order valence-corrected chi connectivity index (χ3v) is 6.87. The number of hydrogen-bond acceptors (Lipinski definition) is 5. The quantitative estimate of drug-likeness (QED) is 0.464. The molecule has 1 N–H and O–H groups in total. The highest BCUT2D eigenvalue weighted by molar-refractivity contribution is 5.44. The maximum atomic E-state index is 12.6. The summed E-state index contributed by atoms with van der Waals surface area (Å²) in [6.07, 6.45) is -0.129. The lowest BCUT2D eigenvalue weighted by Crippen LogP contribution is -2.59. The van der Waals surface area contributed by atoms with Crippen LogP contribution in [0.15, 0.2) is 84.9 Å². The molecule has 6 nitrogen and oxygen atoms in total. The summed E-state index contributed by atoms with van der Waals surface area (Å²) in [5.74, 6) is -1.91. The number of nitriles is 2. The minimum Gasteiger partial charge on any atom is -0.378 e. The van der Waals surface area contributed by atoms with E-state index in [0.29, 0.717) is 16.7 Å². The molecule has 4 atom stereocenters. The van der Waals surface area contributed by atoms with Crippen molar-refractivity contribution in [3.8, 4) is 12.1 Å². The number of aryl methyl sites for hydroxylation is 1. The minimum atomic E-state index is -1.89. The van der Waals surface area contributed by atoms with Crippen molar-refractivity contribution in [2.75, 3.05) is 0 Å². The SMILES string of the molecule is Cc1ccc([C@@H]2[C@@H]([N+](=O)[O-])[C@](O)(c3ccccc3)CC(c3ccccc3)C2(C#N)C#N)cc1. The largest absolute Gasteiger partial charge is 0.378 e. The lowest BCUT2D eigenvalue weighted by Gasteiger charge is -2.49. The molecule has 0 saturated heterocycles. The van der Waals surface area contributed by atoms with E-state index < -0.39 is 33.8 Å². The molecule has 0 aromatic heterocycles. The molecule has 164 valence electrons. The van der Waals surface area contributed by atoms with Gasteiger partial charge in [-0.2, -0.15) is 10.5 Å². The number of nitro groups is 1. The van der Waals surface area contributed by atoms with Crippen molar-refractivity contribution >= 4 is 0 Å². The van der Waals surface area contributed by atoms with Gasteiger partial charge in [-0.3, -0.25) is 10.1 Å². The molecule has 0 aliphatic heterocycles. The number of nitrogens with zero attached hydrogens (tertiary/aromatic N) is 3. The average Bonchev–Trinajstić information content (AvgIpc) is 2.85. The molecule has 0 bridgehead atoms. The van der Waals surface area contributed by atoms with Crippen LogP contribution in [-0.2, 0) is 5.60 Å². The van der Waals surface area contributed by atoms with E-state index in [1.807, 2.05) is 13.0 Å². The Bertz CT molecular complexity index is 1220. The van der Waals surface area contributed by atoms with E-state index in [0.717, 1.165) is 5.56 Å². The first-order chi connectivity index (χ1) is 15.9. The Labute approximate surface area is 192 Å². The molecule has 3 aromatic rings. The van der Waals surface area contributed by atoms with Crippen LogP contribution < -0.4 is 0 Å². The van der Waals surface area contributed by atoms with Crippen LogP contribution in [0.25, 0.3) is 0 Å². The zero-order valence-electron chi connectivity index (χ0n) is 18.1. The molecule has 4 rings (SSSR count). The lowest BCUT2D eigenvalue weighted by atomic mass is 9.51. The monoisotopic (exact) mass is 437 g/mol. The lowest BCUT2D eigenvalue weighted by molar-refractivity contribution is -0.559. The van der Waals surface area contributed by atoms with Crippen LogP contribution in [0, 0.1) is 45.1 Å². The first kappa shape index (κ1) is 22.2. The second kappa shape index (κ2) is 8.50. The van der Waals surface area contributed by atoms with Gasteiger partial charge in [-0.15, -0.1) is 0 Å². The second-order valence-electron chi connectivity index (χ2n) is 8.67. The Balaban J connectivity index is 2.06. The van der Waals surface area contributed by atoms with Crippen LogP contribution in [0.5, 0.6) is 0 Å². The van der Waals surface area contributed by atoms with Crippen molar-refractivity contribution in [3.05, 3.63) is 117 Å². The van der Waals surface area contributed by atoms with Crippen LogP contribution in [0.1, 0.15) is 40.5 Å². The Morgan fingerprint density at radius 1 is 0.909 bits per heavy atom. The topological polar surface area (TPSA) is 111 Å². The van der Waals surface area contributed by atoms with Gasteiger partial charge in [-0.25, -0.2) is 0 Å². The fourth-order valence-corrected chi connectivity index (χ4v) is 5.25. The minimum absolute atomic E-state index is 0.129. The third kappa shape index (κ3) is 3.55. The zero-order chi connectivity index (χ0) is 23.6. The van der Waals surface area contributed by atoms with Crippen molar-refractivity contribution in [1.82, 2.24) is 0 Å². The van der Waals surface area contributed by atoms with Gasteiger partial charge >= 0.3 is 0 Å². The molecule has 33 heavy (non-hydrogen) atoms. The Morgan fingerprint density at radius 2 is 1.45 bits per heavy atom. The smallest absolute Gasteiger partial charge is 0.254 e. The number of aliphatic hydroxyl groups is 1. The molecule has 0 radical (unpaired) electrons. The summed E-state index contributed by atoms with van der Waals surface area (Å²) in [6, 6.07) is 27.4. The summed E-state index contributed by atoms with van der Waals surface area (Å²) in [5, 5.41) is 45.5. The van der Waals surface area contributed by atoms with Crippen LogP contribution in [0.2, 0.25) is 0 Å². The van der Waals surface area contributed by atoms with Crippen molar-refractivity contribution in [2.45, 2.75) is 36.8 Å². The predicted molar refractivity (Wildman–Crippen MR) is 123 cm³/mol. The van der Waals surface area contributed by atoms with E-state index in [2.05, 4.69) is 12.1 Å². The Morgan fingerprint density at radius 3 is 1.97 bits per heavy atom. The summed E-state index contributed by atoms with van der Waals surface area (Å²) < 4.78 is 0. The van der Waals surface area contributed by atoms with Gasteiger partial charge in [0, 0.05) is 10.8 Å². The second-order valence-corrected chi connectivity index (χ2v) is 8.67. The predicted octanol–water partition coefficient (Wildman–Crippen LogP) is 4.83. The highest BCUT2D eigenvalue weighted by Gasteiger charge is 2.67. The van der Waals surface area contributed by atoms with E-state index in [1.165, 1.54) is 0 Å². The Kier molecular flexibility index (Phi) is 5.72. The molecule has 0 amide bonds. The standard InChI is InChI=1S/C27H23N3O3/c1-19-12-14-21(15-13-19)24-25(30(32)33)27(31,22-10-6-3-7-11-22)16-23(26(24,17-28)18-29)20-8-4-2-5-9-20/h2-15,23-25,31H,16H2,1H3/t23?,24-,25-,27-/m1/s1. The van der Waals surface area contributed by atoms with Gasteiger partial charge in [0.25, 0.3) is 6.04 Å². The van der Waals surface area contributed by atoms with Gasteiger partial charge in [-0.05, 0) is 30.0 Å². The molecule has 0 spiro atoms. The summed E-state index contributed by atoms with van der Waals surface area (Å²) in [5.41, 5.74) is -1.12. The van der Waals surface area contributed by atoms with Gasteiger partial charge in [0.1, 0.15) is 0 Å². The molecular weight excluding hydrogens is 414 g/mol. The molecular formula is C27H23N3O3.